The Bertz CT molecular complexity index is 539. The Morgan fingerprint density at radius 3 is 3.06 bits per heavy atom. The lowest BCUT2D eigenvalue weighted by molar-refractivity contribution is -0.0207. The van der Waals surface area contributed by atoms with Crippen molar-refractivity contribution in [2.24, 2.45) is 0 Å². The van der Waals surface area contributed by atoms with E-state index in [9.17, 15) is 0 Å². The first-order valence-corrected chi connectivity index (χ1v) is 5.70. The number of aromatic nitrogens is 4. The molecule has 6 heteroatoms. The number of nitrogens with zero attached hydrogens (tertiary/aromatic N) is 4. The molecule has 3 heterocycles. The van der Waals surface area contributed by atoms with Crippen molar-refractivity contribution in [3.8, 4) is 0 Å². The number of imidazole rings is 1. The lowest BCUT2D eigenvalue weighted by atomic mass is 10.2. The Labute approximate surface area is 98.3 Å². The van der Waals surface area contributed by atoms with Crippen LogP contribution in [0.2, 0.25) is 0 Å². The van der Waals surface area contributed by atoms with Crippen LogP contribution in [0.25, 0.3) is 11.2 Å². The maximum Gasteiger partial charge on any atom is 0.165 e. The molecule has 0 saturated carbocycles. The molecule has 2 atom stereocenters. The van der Waals surface area contributed by atoms with Gasteiger partial charge >= 0.3 is 0 Å². The highest BCUT2D eigenvalue weighted by Crippen LogP contribution is 2.30. The van der Waals surface area contributed by atoms with Gasteiger partial charge in [-0.3, -0.25) is 4.57 Å². The van der Waals surface area contributed by atoms with Crippen LogP contribution in [-0.4, -0.2) is 37.3 Å². The molecule has 2 aromatic rings. The third kappa shape index (κ3) is 1.69. The minimum atomic E-state index is -0.0774. The molecule has 1 fully saturated rings. The molecule has 1 N–H and O–H groups in total. The summed E-state index contributed by atoms with van der Waals surface area (Å²) in [5.74, 6) is 0. The number of aliphatic hydroxyl groups excluding tert-OH is 1. The van der Waals surface area contributed by atoms with Gasteiger partial charge in [0.05, 0.1) is 24.7 Å². The summed E-state index contributed by atoms with van der Waals surface area (Å²) in [5.41, 5.74) is 2.47. The number of aryl methyl sites for hydroxylation is 1. The molecule has 17 heavy (non-hydrogen) atoms. The molecule has 1 aliphatic heterocycles. The molecule has 0 aromatic carbocycles. The minimum absolute atomic E-state index is 0.0666. The van der Waals surface area contributed by atoms with Gasteiger partial charge in [-0.15, -0.1) is 0 Å². The molecule has 1 unspecified atom stereocenters. The van der Waals surface area contributed by atoms with E-state index in [4.69, 9.17) is 9.84 Å². The molecule has 0 radical (unpaired) electrons. The summed E-state index contributed by atoms with van der Waals surface area (Å²) in [6, 6.07) is 0. The van der Waals surface area contributed by atoms with Crippen LogP contribution in [0.15, 0.2) is 12.7 Å². The van der Waals surface area contributed by atoms with Crippen LogP contribution in [0.5, 0.6) is 0 Å². The van der Waals surface area contributed by atoms with E-state index in [1.54, 1.807) is 6.33 Å². The molecule has 90 valence electrons. The predicted octanol–water partition coefficient (Wildman–Crippen LogP) is 0.805. The highest BCUT2D eigenvalue weighted by Gasteiger charge is 2.27. The number of hydrogen-bond acceptors (Lipinski definition) is 5. The van der Waals surface area contributed by atoms with Gasteiger partial charge in [-0.25, -0.2) is 15.0 Å². The summed E-state index contributed by atoms with van der Waals surface area (Å²) in [4.78, 5) is 12.7. The Hall–Kier alpha value is -1.53. The van der Waals surface area contributed by atoms with Crippen LogP contribution in [-0.2, 0) is 4.74 Å². The van der Waals surface area contributed by atoms with Crippen molar-refractivity contribution in [1.29, 1.82) is 0 Å². The molecule has 2 aromatic heterocycles. The fourth-order valence-corrected chi connectivity index (χ4v) is 2.21. The van der Waals surface area contributed by atoms with E-state index in [0.717, 1.165) is 29.7 Å². The largest absolute Gasteiger partial charge is 0.394 e. The van der Waals surface area contributed by atoms with E-state index in [2.05, 4.69) is 15.0 Å². The first-order valence-electron chi connectivity index (χ1n) is 5.70. The average Bonchev–Trinajstić information content (AvgIpc) is 2.94. The number of fused-ring (bicyclic) bond motifs is 1. The van der Waals surface area contributed by atoms with Gasteiger partial charge in [-0.1, -0.05) is 0 Å². The Kier molecular flexibility index (Phi) is 2.53. The fourth-order valence-electron chi connectivity index (χ4n) is 2.21. The van der Waals surface area contributed by atoms with Gasteiger partial charge in [0.25, 0.3) is 0 Å². The van der Waals surface area contributed by atoms with Gasteiger partial charge in [0, 0.05) is 0 Å². The van der Waals surface area contributed by atoms with Crippen molar-refractivity contribution < 1.29 is 9.84 Å². The molecular formula is C11H14N4O2. The zero-order valence-corrected chi connectivity index (χ0v) is 9.58. The summed E-state index contributed by atoms with van der Waals surface area (Å²) < 4.78 is 7.63. The summed E-state index contributed by atoms with van der Waals surface area (Å²) in [7, 11) is 0. The summed E-state index contributed by atoms with van der Waals surface area (Å²) in [6.07, 6.45) is 4.86. The second kappa shape index (κ2) is 4.05. The van der Waals surface area contributed by atoms with Crippen molar-refractivity contribution in [3.05, 3.63) is 18.3 Å². The Morgan fingerprint density at radius 1 is 1.41 bits per heavy atom. The second-order valence-corrected chi connectivity index (χ2v) is 4.26. The van der Waals surface area contributed by atoms with Gasteiger partial charge in [-0.05, 0) is 19.8 Å². The van der Waals surface area contributed by atoms with E-state index < -0.39 is 0 Å². The number of aliphatic hydroxyl groups is 1. The van der Waals surface area contributed by atoms with Gasteiger partial charge in [0.1, 0.15) is 18.1 Å². The Morgan fingerprint density at radius 2 is 2.29 bits per heavy atom. The molecule has 0 aliphatic carbocycles. The van der Waals surface area contributed by atoms with Crippen molar-refractivity contribution >= 4 is 11.2 Å². The third-order valence-corrected chi connectivity index (χ3v) is 3.14. The molecule has 1 saturated heterocycles. The average molecular weight is 234 g/mol. The summed E-state index contributed by atoms with van der Waals surface area (Å²) >= 11 is 0. The monoisotopic (exact) mass is 234 g/mol. The van der Waals surface area contributed by atoms with E-state index in [-0.39, 0.29) is 18.9 Å². The first-order chi connectivity index (χ1) is 8.29. The third-order valence-electron chi connectivity index (χ3n) is 3.14. The zero-order valence-electron chi connectivity index (χ0n) is 9.58. The molecular weight excluding hydrogens is 220 g/mol. The normalized spacial score (nSPS) is 24.6. The smallest absolute Gasteiger partial charge is 0.165 e. The van der Waals surface area contributed by atoms with E-state index in [1.165, 1.54) is 6.33 Å². The van der Waals surface area contributed by atoms with E-state index in [0.29, 0.717) is 0 Å². The van der Waals surface area contributed by atoms with Crippen LogP contribution < -0.4 is 0 Å². The van der Waals surface area contributed by atoms with Crippen LogP contribution in [0.4, 0.5) is 0 Å². The van der Waals surface area contributed by atoms with Crippen molar-refractivity contribution in [2.45, 2.75) is 32.1 Å². The lowest BCUT2D eigenvalue weighted by Gasteiger charge is -2.13. The van der Waals surface area contributed by atoms with E-state index in [1.807, 2.05) is 11.5 Å². The lowest BCUT2D eigenvalue weighted by Crippen LogP contribution is -2.14. The highest BCUT2D eigenvalue weighted by atomic mass is 16.5. The predicted molar refractivity (Wildman–Crippen MR) is 60.3 cm³/mol. The maximum atomic E-state index is 9.06. The van der Waals surface area contributed by atoms with Crippen LogP contribution in [0.1, 0.15) is 24.8 Å². The fraction of sp³-hybridized carbons (Fsp3) is 0.545. The SMILES string of the molecule is Cc1ncnc2c1ncn2C1CC[C@H](CO)O1. The number of ether oxygens (including phenoxy) is 1. The molecule has 0 spiro atoms. The molecule has 0 amide bonds. The second-order valence-electron chi connectivity index (χ2n) is 4.26. The quantitative estimate of drug-likeness (QED) is 0.832. The molecule has 3 rings (SSSR count). The highest BCUT2D eigenvalue weighted by molar-refractivity contribution is 5.72. The van der Waals surface area contributed by atoms with Gasteiger partial charge in [0.15, 0.2) is 5.65 Å². The van der Waals surface area contributed by atoms with Crippen molar-refractivity contribution in [1.82, 2.24) is 19.5 Å². The topological polar surface area (TPSA) is 73.1 Å². The molecule has 6 nitrogen and oxygen atoms in total. The number of rotatable bonds is 2. The standard InChI is InChI=1S/C11H14N4O2/c1-7-10-11(13-5-12-7)15(6-14-10)9-3-2-8(4-16)17-9/h5-6,8-9,16H,2-4H2,1H3/t8-,9?/m1/s1. The van der Waals surface area contributed by atoms with Crippen LogP contribution in [0.3, 0.4) is 0 Å². The minimum Gasteiger partial charge on any atom is -0.394 e. The van der Waals surface area contributed by atoms with Crippen LogP contribution >= 0.6 is 0 Å². The summed E-state index contributed by atoms with van der Waals surface area (Å²) in [6.45, 7) is 1.98. The zero-order chi connectivity index (χ0) is 11.8. The molecule has 0 bridgehead atoms. The van der Waals surface area contributed by atoms with Gasteiger partial charge in [0.2, 0.25) is 0 Å². The Balaban J connectivity index is 1.99. The van der Waals surface area contributed by atoms with Crippen molar-refractivity contribution in [2.75, 3.05) is 6.61 Å². The summed E-state index contributed by atoms with van der Waals surface area (Å²) in [5, 5.41) is 9.06. The first kappa shape index (κ1) is 10.6. The van der Waals surface area contributed by atoms with Gasteiger partial charge < -0.3 is 9.84 Å². The van der Waals surface area contributed by atoms with Crippen molar-refractivity contribution in [3.63, 3.8) is 0 Å². The van der Waals surface area contributed by atoms with Crippen LogP contribution in [0, 0.1) is 6.92 Å². The van der Waals surface area contributed by atoms with Gasteiger partial charge in [-0.2, -0.15) is 0 Å². The maximum absolute atomic E-state index is 9.06. The number of hydrogen-bond donors (Lipinski definition) is 1. The molecule has 1 aliphatic rings. The van der Waals surface area contributed by atoms with E-state index >= 15 is 0 Å².